The summed E-state index contributed by atoms with van der Waals surface area (Å²) in [4.78, 5) is 2.58. The minimum atomic E-state index is -2.21. The minimum absolute atomic E-state index is 0.0281. The molecule has 0 unspecified atom stereocenters. The zero-order chi connectivity index (χ0) is 35.5. The molecular weight excluding hydrogens is 635 g/mol. The summed E-state index contributed by atoms with van der Waals surface area (Å²) in [6, 6.07) is 42.9. The molecule has 0 aliphatic carbocycles. The zero-order valence-corrected chi connectivity index (χ0v) is 33.6. The number of nitrogens with zero attached hydrogens (tertiary/aromatic N) is 1. The van der Waals surface area contributed by atoms with Gasteiger partial charge in [0, 0.05) is 13.1 Å². The Hall–Kier alpha value is -2.85. The highest BCUT2D eigenvalue weighted by atomic mass is 28.4. The molecule has 1 saturated heterocycles. The van der Waals surface area contributed by atoms with Crippen LogP contribution in [0, 0.1) is 0 Å². The largest absolute Gasteiger partial charge is 0.410 e. The highest BCUT2D eigenvalue weighted by Gasteiger charge is 2.52. The van der Waals surface area contributed by atoms with Gasteiger partial charge in [-0.1, -0.05) is 163 Å². The second-order valence-electron chi connectivity index (χ2n) is 16.8. The third-order valence-electron chi connectivity index (χ3n) is 11.4. The fourth-order valence-electron chi connectivity index (χ4n) is 6.44. The molecule has 1 aliphatic heterocycles. The van der Waals surface area contributed by atoms with Crippen molar-refractivity contribution >= 4 is 16.6 Å². The monoisotopic (exact) mass is 693 g/mol. The summed E-state index contributed by atoms with van der Waals surface area (Å²) >= 11 is 0. The van der Waals surface area contributed by atoms with Crippen molar-refractivity contribution < 1.29 is 13.6 Å². The highest BCUT2D eigenvalue weighted by molar-refractivity contribution is 6.74. The van der Waals surface area contributed by atoms with Crippen LogP contribution in [0.1, 0.15) is 63.8 Å². The van der Waals surface area contributed by atoms with Crippen LogP contribution >= 0.6 is 0 Å². The van der Waals surface area contributed by atoms with E-state index in [-0.39, 0.29) is 28.3 Å². The predicted molar refractivity (Wildman–Crippen MR) is 210 cm³/mol. The van der Waals surface area contributed by atoms with Crippen LogP contribution in [0.3, 0.4) is 0 Å². The number of benzene rings is 4. The first kappa shape index (κ1) is 37.4. The first-order chi connectivity index (χ1) is 23.1. The van der Waals surface area contributed by atoms with E-state index >= 15 is 0 Å². The predicted octanol–water partition coefficient (Wildman–Crippen LogP) is 10.7. The molecule has 4 aromatic rings. The van der Waals surface area contributed by atoms with E-state index in [1.807, 2.05) is 0 Å². The van der Waals surface area contributed by atoms with E-state index < -0.39 is 22.2 Å². The number of ether oxygens (including phenoxy) is 1. The molecule has 0 radical (unpaired) electrons. The molecule has 0 amide bonds. The Balaban J connectivity index is 1.64. The summed E-state index contributed by atoms with van der Waals surface area (Å²) in [5, 5.41) is 0.130. The van der Waals surface area contributed by atoms with E-state index in [1.54, 1.807) is 0 Å². The van der Waals surface area contributed by atoms with E-state index in [9.17, 15) is 0 Å². The molecule has 0 spiro atoms. The van der Waals surface area contributed by atoms with Crippen LogP contribution in [-0.2, 0) is 25.7 Å². The van der Waals surface area contributed by atoms with Gasteiger partial charge in [0.25, 0.3) is 0 Å². The van der Waals surface area contributed by atoms with Crippen LogP contribution in [0.5, 0.6) is 0 Å². The fourth-order valence-corrected chi connectivity index (χ4v) is 9.10. The third kappa shape index (κ3) is 8.22. The van der Waals surface area contributed by atoms with Gasteiger partial charge in [0.2, 0.25) is 0 Å². The molecule has 6 heteroatoms. The second kappa shape index (κ2) is 14.8. The van der Waals surface area contributed by atoms with Gasteiger partial charge in [0.1, 0.15) is 5.60 Å². The van der Waals surface area contributed by atoms with Crippen molar-refractivity contribution in [2.45, 2.75) is 108 Å². The van der Waals surface area contributed by atoms with Crippen molar-refractivity contribution in [3.63, 3.8) is 0 Å². The number of rotatable bonds is 12. The summed E-state index contributed by atoms with van der Waals surface area (Å²) in [6.07, 6.45) is -0.203. The van der Waals surface area contributed by atoms with Gasteiger partial charge >= 0.3 is 0 Å². The molecule has 4 aromatic carbocycles. The van der Waals surface area contributed by atoms with Crippen molar-refractivity contribution in [3.05, 3.63) is 144 Å². The van der Waals surface area contributed by atoms with E-state index in [4.69, 9.17) is 13.6 Å². The molecular formula is C43H59NO3Si2. The lowest BCUT2D eigenvalue weighted by atomic mass is 9.80. The average molecular weight is 694 g/mol. The summed E-state index contributed by atoms with van der Waals surface area (Å²) in [5.41, 5.74) is 3.79. The van der Waals surface area contributed by atoms with Crippen LogP contribution in [-0.4, -0.2) is 52.9 Å². The van der Waals surface area contributed by atoms with Gasteiger partial charge in [-0.15, -0.1) is 0 Å². The Morgan fingerprint density at radius 3 is 1.37 bits per heavy atom. The Morgan fingerprint density at radius 1 is 0.571 bits per heavy atom. The molecule has 262 valence electrons. The lowest BCUT2D eigenvalue weighted by Crippen LogP contribution is -2.54. The van der Waals surface area contributed by atoms with Crippen molar-refractivity contribution in [1.82, 2.24) is 4.90 Å². The minimum Gasteiger partial charge on any atom is -0.410 e. The molecule has 4 nitrogen and oxygen atoms in total. The Bertz CT molecular complexity index is 1500. The van der Waals surface area contributed by atoms with Crippen molar-refractivity contribution in [1.29, 1.82) is 0 Å². The van der Waals surface area contributed by atoms with Gasteiger partial charge in [0.05, 0.1) is 24.9 Å². The quantitative estimate of drug-likeness (QED) is 0.109. The Labute approximate surface area is 299 Å². The van der Waals surface area contributed by atoms with Crippen LogP contribution < -0.4 is 0 Å². The van der Waals surface area contributed by atoms with Gasteiger partial charge in [-0.05, 0) is 58.5 Å². The van der Waals surface area contributed by atoms with E-state index in [0.717, 1.165) is 29.8 Å². The maximum Gasteiger partial charge on any atom is 0.192 e. The Morgan fingerprint density at radius 2 is 0.959 bits per heavy atom. The van der Waals surface area contributed by atoms with Gasteiger partial charge < -0.3 is 13.6 Å². The smallest absolute Gasteiger partial charge is 0.192 e. The van der Waals surface area contributed by atoms with E-state index in [1.165, 1.54) is 5.56 Å². The third-order valence-corrected chi connectivity index (χ3v) is 20.3. The van der Waals surface area contributed by atoms with Crippen molar-refractivity contribution in [2.75, 3.05) is 13.2 Å². The summed E-state index contributed by atoms with van der Waals surface area (Å²) < 4.78 is 22.4. The van der Waals surface area contributed by atoms with Crippen LogP contribution in [0.15, 0.2) is 121 Å². The summed E-state index contributed by atoms with van der Waals surface area (Å²) in [6.45, 7) is 25.5. The molecule has 5 rings (SSSR count). The maximum atomic E-state index is 7.57. The Kier molecular flexibility index (Phi) is 11.3. The van der Waals surface area contributed by atoms with Crippen LogP contribution in [0.4, 0.5) is 0 Å². The fraction of sp³-hybridized carbons (Fsp3) is 0.442. The molecule has 1 fully saturated rings. The average Bonchev–Trinajstić information content (AvgIpc) is 3.35. The molecule has 1 aliphatic rings. The lowest BCUT2D eigenvalue weighted by Gasteiger charge is -2.44. The van der Waals surface area contributed by atoms with E-state index in [2.05, 4.69) is 194 Å². The van der Waals surface area contributed by atoms with Gasteiger partial charge in [-0.25, -0.2) is 0 Å². The van der Waals surface area contributed by atoms with Gasteiger partial charge in [0.15, 0.2) is 16.6 Å². The van der Waals surface area contributed by atoms with Gasteiger partial charge in [-0.3, -0.25) is 4.90 Å². The number of likely N-dealkylation sites (tertiary alicyclic amines) is 1. The molecule has 49 heavy (non-hydrogen) atoms. The molecule has 0 bridgehead atoms. The van der Waals surface area contributed by atoms with Crippen LogP contribution in [0.25, 0.3) is 0 Å². The topological polar surface area (TPSA) is 30.9 Å². The molecule has 0 aromatic heterocycles. The first-order valence-corrected chi connectivity index (χ1v) is 23.8. The normalized spacial score (nSPS) is 19.7. The SMILES string of the molecule is CC(C)(C)[Si](C)(C)O[C@@H]1[C@@H](O[Si](C)(C)C(C)(C)C)CN(Cc2ccccc2)[C@@H]1COC(c1ccccc1)(c1ccccc1)c1ccccc1. The number of hydrogen-bond donors (Lipinski definition) is 0. The molecule has 3 atom stereocenters. The number of hydrogen-bond acceptors (Lipinski definition) is 4. The zero-order valence-electron chi connectivity index (χ0n) is 31.6. The summed E-state index contributed by atoms with van der Waals surface area (Å²) in [7, 11) is -4.34. The van der Waals surface area contributed by atoms with Gasteiger partial charge in [-0.2, -0.15) is 0 Å². The highest BCUT2D eigenvalue weighted by Crippen LogP contribution is 2.45. The second-order valence-corrected chi connectivity index (χ2v) is 26.3. The first-order valence-electron chi connectivity index (χ1n) is 18.0. The molecule has 0 saturated carbocycles. The molecule has 0 N–H and O–H groups in total. The lowest BCUT2D eigenvalue weighted by molar-refractivity contribution is -0.0418. The van der Waals surface area contributed by atoms with Crippen LogP contribution in [0.2, 0.25) is 36.3 Å². The standard InChI is InChI=1S/C43H59NO3Si2/c1-41(2,3)48(7,8)46-39-32-44(31-34-23-15-11-16-24-34)38(40(39)47-49(9,10)42(4,5)6)33-45-43(35-25-17-12-18-26-35,36-27-19-13-20-28-36)37-29-21-14-22-30-37/h11-30,38-40H,31-33H2,1-10H3/t38-,39+,40+/m1/s1. The van der Waals surface area contributed by atoms with E-state index in [0.29, 0.717) is 6.61 Å². The molecule has 1 heterocycles. The van der Waals surface area contributed by atoms with Crippen molar-refractivity contribution in [3.8, 4) is 0 Å². The van der Waals surface area contributed by atoms with Crippen molar-refractivity contribution in [2.24, 2.45) is 0 Å². The summed E-state index contributed by atoms with van der Waals surface area (Å²) in [5.74, 6) is 0. The maximum absolute atomic E-state index is 7.57.